The first-order valence-electron chi connectivity index (χ1n) is 14.3. The molecule has 4 heteroatoms. The molecule has 0 amide bonds. The van der Waals surface area contributed by atoms with Gasteiger partial charge in [0.05, 0.1) is 0 Å². The zero-order chi connectivity index (χ0) is 25.3. The van der Waals surface area contributed by atoms with Crippen molar-refractivity contribution in [2.75, 3.05) is 19.6 Å². The summed E-state index contributed by atoms with van der Waals surface area (Å²) in [6, 6.07) is 21.6. The van der Waals surface area contributed by atoms with Gasteiger partial charge in [-0.1, -0.05) is 80.9 Å². The smallest absolute Gasteiger partial charge is 0.320 e. The van der Waals surface area contributed by atoms with Crippen molar-refractivity contribution in [3.05, 3.63) is 71.8 Å². The van der Waals surface area contributed by atoms with Crippen LogP contribution in [0, 0.1) is 17.8 Å². The van der Waals surface area contributed by atoms with E-state index in [0.29, 0.717) is 24.2 Å². The lowest BCUT2D eigenvalue weighted by atomic mass is 9.87. The van der Waals surface area contributed by atoms with Gasteiger partial charge in [-0.2, -0.15) is 0 Å². The van der Waals surface area contributed by atoms with Crippen molar-refractivity contribution in [2.24, 2.45) is 17.8 Å². The van der Waals surface area contributed by atoms with Crippen LogP contribution in [0.1, 0.15) is 75.8 Å². The first kappa shape index (κ1) is 26.9. The van der Waals surface area contributed by atoms with Gasteiger partial charge in [-0.05, 0) is 92.8 Å². The Balaban J connectivity index is 1.29. The van der Waals surface area contributed by atoms with Crippen LogP contribution in [0.15, 0.2) is 60.7 Å². The third-order valence-electron chi connectivity index (χ3n) is 8.49. The zero-order valence-corrected chi connectivity index (χ0v) is 22.3. The molecule has 4 nitrogen and oxygen atoms in total. The number of carboxylic acid groups (broad SMARTS) is 1. The quantitative estimate of drug-likeness (QED) is 0.363. The van der Waals surface area contributed by atoms with E-state index in [4.69, 9.17) is 0 Å². The molecule has 4 unspecified atom stereocenters. The Morgan fingerprint density at radius 1 is 1.00 bits per heavy atom. The van der Waals surface area contributed by atoms with Gasteiger partial charge < -0.3 is 15.3 Å². The topological polar surface area (TPSA) is 52.6 Å². The van der Waals surface area contributed by atoms with Crippen LogP contribution in [0.5, 0.6) is 0 Å². The van der Waals surface area contributed by atoms with E-state index in [1.165, 1.54) is 56.3 Å². The molecule has 0 radical (unpaired) electrons. The van der Waals surface area contributed by atoms with E-state index >= 15 is 0 Å². The fourth-order valence-electron chi connectivity index (χ4n) is 6.60. The molecule has 2 fully saturated rings. The molecule has 4 rings (SSSR count). The summed E-state index contributed by atoms with van der Waals surface area (Å²) in [7, 11) is 0. The number of hydrogen-bond acceptors (Lipinski definition) is 3. The van der Waals surface area contributed by atoms with Gasteiger partial charge in [0.2, 0.25) is 0 Å². The molecule has 2 N–H and O–H groups in total. The number of nitrogens with one attached hydrogen (secondary N) is 1. The van der Waals surface area contributed by atoms with E-state index in [2.05, 4.69) is 84.7 Å². The van der Waals surface area contributed by atoms with Gasteiger partial charge in [0.1, 0.15) is 6.04 Å². The summed E-state index contributed by atoms with van der Waals surface area (Å²) >= 11 is 0. The van der Waals surface area contributed by atoms with Crippen molar-refractivity contribution < 1.29 is 9.90 Å². The van der Waals surface area contributed by atoms with Crippen molar-refractivity contribution in [1.29, 1.82) is 0 Å². The van der Waals surface area contributed by atoms with Crippen LogP contribution in [0.25, 0.3) is 0 Å². The second-order valence-corrected chi connectivity index (χ2v) is 11.8. The van der Waals surface area contributed by atoms with Crippen molar-refractivity contribution in [3.63, 3.8) is 0 Å². The van der Waals surface area contributed by atoms with E-state index in [0.717, 1.165) is 25.3 Å². The molecule has 0 aromatic heterocycles. The van der Waals surface area contributed by atoms with Crippen LogP contribution < -0.4 is 5.32 Å². The summed E-state index contributed by atoms with van der Waals surface area (Å²) in [5, 5.41) is 13.3. The average Bonchev–Trinajstić information content (AvgIpc) is 3.27. The van der Waals surface area contributed by atoms with Gasteiger partial charge in [-0.15, -0.1) is 0 Å². The number of rotatable bonds is 12. The molecule has 1 saturated heterocycles. The Morgan fingerprint density at radius 2 is 1.67 bits per heavy atom. The highest BCUT2D eigenvalue weighted by Gasteiger charge is 2.38. The fraction of sp³-hybridized carbons (Fsp3) is 0.594. The molecule has 4 atom stereocenters. The first-order valence-corrected chi connectivity index (χ1v) is 14.3. The maximum absolute atomic E-state index is 11.9. The number of piperidine rings is 1. The Bertz CT molecular complexity index is 908. The lowest BCUT2D eigenvalue weighted by Gasteiger charge is -2.35. The monoisotopic (exact) mass is 490 g/mol. The lowest BCUT2D eigenvalue weighted by Crippen LogP contribution is -2.43. The highest BCUT2D eigenvalue weighted by molar-refractivity contribution is 5.73. The minimum Gasteiger partial charge on any atom is -0.480 e. The van der Waals surface area contributed by atoms with E-state index in [-0.39, 0.29) is 6.04 Å². The fourth-order valence-corrected chi connectivity index (χ4v) is 6.60. The highest BCUT2D eigenvalue weighted by Crippen LogP contribution is 2.41. The van der Waals surface area contributed by atoms with E-state index in [9.17, 15) is 9.90 Å². The molecule has 0 bridgehead atoms. The summed E-state index contributed by atoms with van der Waals surface area (Å²) < 4.78 is 0. The van der Waals surface area contributed by atoms with Gasteiger partial charge in [0.25, 0.3) is 0 Å². The molecular formula is C32H46N2O2. The molecule has 2 aromatic carbocycles. The molecule has 2 aromatic rings. The van der Waals surface area contributed by atoms with Crippen LogP contribution >= 0.6 is 0 Å². The number of carbonyl (C=O) groups is 1. The Hall–Kier alpha value is -2.17. The maximum atomic E-state index is 11.9. The minimum atomic E-state index is -0.710. The van der Waals surface area contributed by atoms with E-state index < -0.39 is 12.0 Å². The SMILES string of the molecule is CC(C)CC(NC1CC(CN2CCC(CCCc3ccccc3)CC2)C(c2ccccc2)C1)C(=O)O. The molecule has 1 saturated carbocycles. The van der Waals surface area contributed by atoms with E-state index in [1.807, 2.05) is 0 Å². The molecule has 36 heavy (non-hydrogen) atoms. The van der Waals surface area contributed by atoms with Crippen LogP contribution in [-0.2, 0) is 11.2 Å². The van der Waals surface area contributed by atoms with Crippen molar-refractivity contribution in [1.82, 2.24) is 10.2 Å². The van der Waals surface area contributed by atoms with Crippen LogP contribution in [0.4, 0.5) is 0 Å². The zero-order valence-electron chi connectivity index (χ0n) is 22.3. The Labute approximate surface area is 218 Å². The van der Waals surface area contributed by atoms with Gasteiger partial charge >= 0.3 is 5.97 Å². The number of benzene rings is 2. The molecule has 1 aliphatic carbocycles. The predicted octanol–water partition coefficient (Wildman–Crippen LogP) is 6.37. The maximum Gasteiger partial charge on any atom is 0.320 e. The summed E-state index contributed by atoms with van der Waals surface area (Å²) in [4.78, 5) is 14.6. The summed E-state index contributed by atoms with van der Waals surface area (Å²) in [6.07, 6.45) is 9.25. The number of nitrogens with zero attached hydrogens (tertiary/aromatic N) is 1. The largest absolute Gasteiger partial charge is 0.480 e. The average molecular weight is 491 g/mol. The second-order valence-electron chi connectivity index (χ2n) is 11.8. The Kier molecular flexibility index (Phi) is 10.0. The molecule has 2 aliphatic rings. The minimum absolute atomic E-state index is 0.274. The number of hydrogen-bond donors (Lipinski definition) is 2. The van der Waals surface area contributed by atoms with Gasteiger partial charge in [-0.25, -0.2) is 0 Å². The molecule has 1 aliphatic heterocycles. The Morgan fingerprint density at radius 3 is 2.31 bits per heavy atom. The van der Waals surface area contributed by atoms with Gasteiger partial charge in [0, 0.05) is 12.6 Å². The summed E-state index contributed by atoms with van der Waals surface area (Å²) in [5.74, 6) is 1.60. The summed E-state index contributed by atoms with van der Waals surface area (Å²) in [6.45, 7) is 7.76. The van der Waals surface area contributed by atoms with E-state index in [1.54, 1.807) is 0 Å². The molecular weight excluding hydrogens is 444 g/mol. The summed E-state index contributed by atoms with van der Waals surface area (Å²) in [5.41, 5.74) is 2.88. The van der Waals surface area contributed by atoms with Crippen molar-refractivity contribution in [2.45, 2.75) is 83.2 Å². The molecule has 0 spiro atoms. The van der Waals surface area contributed by atoms with Crippen LogP contribution in [-0.4, -0.2) is 47.7 Å². The molecule has 1 heterocycles. The first-order chi connectivity index (χ1) is 17.5. The third kappa shape index (κ3) is 7.91. The second kappa shape index (κ2) is 13.4. The normalized spacial score (nSPS) is 24.2. The molecule has 196 valence electrons. The van der Waals surface area contributed by atoms with Crippen LogP contribution in [0.3, 0.4) is 0 Å². The third-order valence-corrected chi connectivity index (χ3v) is 8.49. The lowest BCUT2D eigenvalue weighted by molar-refractivity contribution is -0.140. The number of likely N-dealkylation sites (tertiary alicyclic amines) is 1. The van der Waals surface area contributed by atoms with Gasteiger partial charge in [0.15, 0.2) is 0 Å². The highest BCUT2D eigenvalue weighted by atomic mass is 16.4. The number of aliphatic carboxylic acids is 1. The predicted molar refractivity (Wildman–Crippen MR) is 148 cm³/mol. The number of carboxylic acids is 1. The standard InChI is InChI=1S/C32H46N2O2/c1-24(2)20-31(32(35)36)33-29-21-28(30(22-29)27-14-7-4-8-15-27)23-34-18-16-26(17-19-34)13-9-12-25-10-5-3-6-11-25/h3-8,10-11,14-15,24,26,28-31,33H,9,12-13,16-23H2,1-2H3,(H,35,36). The van der Waals surface area contributed by atoms with Crippen molar-refractivity contribution in [3.8, 4) is 0 Å². The van der Waals surface area contributed by atoms with Crippen LogP contribution in [0.2, 0.25) is 0 Å². The van der Waals surface area contributed by atoms with Gasteiger partial charge in [-0.3, -0.25) is 4.79 Å². The number of aryl methyl sites for hydroxylation is 1. The van der Waals surface area contributed by atoms with Crippen molar-refractivity contribution >= 4 is 5.97 Å².